The van der Waals surface area contributed by atoms with Gasteiger partial charge in [-0.3, -0.25) is 34.0 Å². The summed E-state index contributed by atoms with van der Waals surface area (Å²) < 4.78 is 16.4. The minimum absolute atomic E-state index is 0.00647. The van der Waals surface area contributed by atoms with Crippen molar-refractivity contribution in [3.05, 3.63) is 75.3 Å². The van der Waals surface area contributed by atoms with Crippen molar-refractivity contribution in [3.63, 3.8) is 0 Å². The first-order valence-corrected chi connectivity index (χ1v) is 16.8. The highest BCUT2D eigenvalue weighted by Gasteiger charge is 2.30. The minimum Gasteiger partial charge on any atom is -0.368 e. The van der Waals surface area contributed by atoms with Gasteiger partial charge in [0.15, 0.2) is 5.78 Å². The van der Waals surface area contributed by atoms with Crippen LogP contribution in [0.5, 0.6) is 0 Å². The molecule has 13 nitrogen and oxygen atoms in total. The van der Waals surface area contributed by atoms with Gasteiger partial charge in [0.05, 0.1) is 23.4 Å². The van der Waals surface area contributed by atoms with Crippen LogP contribution < -0.4 is 21.1 Å². The van der Waals surface area contributed by atoms with Crippen molar-refractivity contribution in [1.82, 2.24) is 34.7 Å². The Morgan fingerprint density at radius 3 is 2.47 bits per heavy atom. The lowest BCUT2D eigenvalue weighted by Gasteiger charge is -2.36. The van der Waals surface area contributed by atoms with Crippen molar-refractivity contribution in [2.45, 2.75) is 70.9 Å². The molecule has 4 aromatic rings. The van der Waals surface area contributed by atoms with Crippen LogP contribution in [0.1, 0.15) is 84.5 Å². The molecule has 7 rings (SSSR count). The Hall–Kier alpha value is -5.11. The van der Waals surface area contributed by atoms with Crippen molar-refractivity contribution in [1.29, 1.82) is 0 Å². The Morgan fingerprint density at radius 1 is 1.00 bits per heavy atom. The standard InChI is InChI=1S/C35H38FN9O4/c1-20-27-18-39-35(42-32(27)45(24-5-3-4-6-24)34(49)30(20)21(2)46)40-28-9-7-25(17-37-28)44-13-11-43(12-14-44)19-23-15-22(16-38-31(23)36)26-8-10-29(47)41-33(26)48/h7,9,15-18,24,26H,3-6,8,10-14,19H2,1-2H3,(H,41,47,48)(H,37,39,40,42). The number of piperazine rings is 1. The van der Waals surface area contributed by atoms with Gasteiger partial charge in [-0.15, -0.1) is 0 Å². The van der Waals surface area contributed by atoms with Crippen LogP contribution in [0.25, 0.3) is 11.0 Å². The van der Waals surface area contributed by atoms with Crippen LogP contribution >= 0.6 is 0 Å². The first kappa shape index (κ1) is 32.4. The maximum Gasteiger partial charge on any atom is 0.263 e. The number of Topliss-reactive ketones (excluding diaryl/α,β-unsaturated/α-hetero) is 1. The molecule has 49 heavy (non-hydrogen) atoms. The van der Waals surface area contributed by atoms with Crippen LogP contribution in [0.2, 0.25) is 0 Å². The Labute approximate surface area is 282 Å². The van der Waals surface area contributed by atoms with E-state index in [1.165, 1.54) is 13.1 Å². The van der Waals surface area contributed by atoms with Gasteiger partial charge in [-0.05, 0) is 62.4 Å². The van der Waals surface area contributed by atoms with Crippen LogP contribution in [-0.2, 0) is 16.1 Å². The second kappa shape index (κ2) is 13.4. The lowest BCUT2D eigenvalue weighted by Crippen LogP contribution is -2.46. The molecule has 3 fully saturated rings. The van der Waals surface area contributed by atoms with Crippen molar-refractivity contribution < 1.29 is 18.8 Å². The molecule has 2 aliphatic heterocycles. The summed E-state index contributed by atoms with van der Waals surface area (Å²) in [6.45, 7) is 6.37. The molecule has 0 spiro atoms. The Bertz CT molecular complexity index is 2000. The summed E-state index contributed by atoms with van der Waals surface area (Å²) in [6, 6.07) is 5.51. The van der Waals surface area contributed by atoms with Gasteiger partial charge in [0, 0.05) is 68.5 Å². The number of carbonyl (C=O) groups is 3. The van der Waals surface area contributed by atoms with Crippen molar-refractivity contribution in [2.24, 2.45) is 0 Å². The summed E-state index contributed by atoms with van der Waals surface area (Å²) in [5.41, 5.74) is 3.01. The van der Waals surface area contributed by atoms with E-state index in [0.717, 1.165) is 31.4 Å². The highest BCUT2D eigenvalue weighted by Crippen LogP contribution is 2.32. The summed E-state index contributed by atoms with van der Waals surface area (Å²) in [5.74, 6) is -1.12. The van der Waals surface area contributed by atoms with E-state index >= 15 is 0 Å². The number of carbonyl (C=O) groups excluding carboxylic acids is 3. The number of halogens is 1. The highest BCUT2D eigenvalue weighted by molar-refractivity contribution is 6.01. The second-order valence-corrected chi connectivity index (χ2v) is 13.1. The number of imide groups is 1. The van der Waals surface area contributed by atoms with Crippen LogP contribution in [0.4, 0.5) is 21.8 Å². The first-order chi connectivity index (χ1) is 23.7. The van der Waals surface area contributed by atoms with Gasteiger partial charge in [0.25, 0.3) is 5.56 Å². The third-order valence-electron chi connectivity index (χ3n) is 9.94. The summed E-state index contributed by atoms with van der Waals surface area (Å²) in [5, 5.41) is 6.21. The predicted octanol–water partition coefficient (Wildman–Crippen LogP) is 3.93. The zero-order valence-corrected chi connectivity index (χ0v) is 27.5. The van der Waals surface area contributed by atoms with Crippen molar-refractivity contribution in [2.75, 3.05) is 36.4 Å². The normalized spacial score (nSPS) is 19.0. The number of rotatable bonds is 8. The molecule has 1 unspecified atom stereocenters. The summed E-state index contributed by atoms with van der Waals surface area (Å²) in [4.78, 5) is 71.9. The zero-order valence-electron chi connectivity index (χ0n) is 27.5. The number of hydrogen-bond acceptors (Lipinski definition) is 11. The largest absolute Gasteiger partial charge is 0.368 e. The van der Waals surface area contributed by atoms with Gasteiger partial charge in [-0.25, -0.2) is 15.0 Å². The van der Waals surface area contributed by atoms with E-state index < -0.39 is 11.9 Å². The monoisotopic (exact) mass is 667 g/mol. The predicted molar refractivity (Wildman–Crippen MR) is 180 cm³/mol. The smallest absolute Gasteiger partial charge is 0.263 e. The Morgan fingerprint density at radius 2 is 1.78 bits per heavy atom. The number of aromatic nitrogens is 5. The van der Waals surface area contributed by atoms with Gasteiger partial charge in [-0.1, -0.05) is 12.8 Å². The zero-order chi connectivity index (χ0) is 34.2. The fourth-order valence-electron chi connectivity index (χ4n) is 7.30. The number of pyridine rings is 3. The molecule has 2 saturated heterocycles. The van der Waals surface area contributed by atoms with Gasteiger partial charge in [-0.2, -0.15) is 9.37 Å². The molecule has 1 aliphatic carbocycles. The van der Waals surface area contributed by atoms with Gasteiger partial charge < -0.3 is 10.2 Å². The number of aryl methyl sites for hydroxylation is 1. The Balaban J connectivity index is 1.01. The fraction of sp³-hybridized carbons (Fsp3) is 0.429. The number of fused-ring (bicyclic) bond motifs is 1. The molecule has 1 saturated carbocycles. The molecule has 1 atom stereocenters. The number of nitrogens with one attached hydrogen (secondary N) is 2. The van der Waals surface area contributed by atoms with E-state index in [4.69, 9.17) is 4.98 Å². The molecule has 6 heterocycles. The van der Waals surface area contributed by atoms with E-state index in [2.05, 4.69) is 35.4 Å². The number of hydrogen-bond donors (Lipinski definition) is 2. The topological polar surface area (TPSA) is 155 Å². The molecule has 2 N–H and O–H groups in total. The average molecular weight is 668 g/mol. The van der Waals surface area contributed by atoms with E-state index in [1.54, 1.807) is 30.0 Å². The number of piperidine rings is 1. The fourth-order valence-corrected chi connectivity index (χ4v) is 7.30. The number of anilines is 3. The number of amides is 2. The molecule has 4 aromatic heterocycles. The lowest BCUT2D eigenvalue weighted by atomic mass is 9.91. The second-order valence-electron chi connectivity index (χ2n) is 13.1. The molecule has 3 aliphatic rings. The van der Waals surface area contributed by atoms with Gasteiger partial charge in [0.2, 0.25) is 23.7 Å². The van der Waals surface area contributed by atoms with Gasteiger partial charge >= 0.3 is 0 Å². The molecule has 0 radical (unpaired) electrons. The molecule has 14 heteroatoms. The summed E-state index contributed by atoms with van der Waals surface area (Å²) >= 11 is 0. The quantitative estimate of drug-likeness (QED) is 0.160. The van der Waals surface area contributed by atoms with Gasteiger partial charge in [0.1, 0.15) is 11.5 Å². The molecular weight excluding hydrogens is 629 g/mol. The minimum atomic E-state index is -0.557. The summed E-state index contributed by atoms with van der Waals surface area (Å²) in [6.07, 6.45) is 9.26. The SMILES string of the molecule is CC(=O)c1c(C)c2cnc(Nc3ccc(N4CCN(Cc5cc(C6CCC(=O)NC6=O)cnc5F)CC4)cn3)nc2n(C2CCCC2)c1=O. The van der Waals surface area contributed by atoms with Crippen LogP contribution in [0.3, 0.4) is 0 Å². The maximum absolute atomic E-state index is 14.7. The molecule has 0 aromatic carbocycles. The van der Waals surface area contributed by atoms with Crippen LogP contribution in [-0.4, -0.2) is 73.2 Å². The third-order valence-corrected chi connectivity index (χ3v) is 9.94. The highest BCUT2D eigenvalue weighted by atomic mass is 19.1. The summed E-state index contributed by atoms with van der Waals surface area (Å²) in [7, 11) is 0. The Kier molecular flexibility index (Phi) is 8.88. The first-order valence-electron chi connectivity index (χ1n) is 16.8. The number of ketones is 1. The average Bonchev–Trinajstić information content (AvgIpc) is 3.61. The molecule has 2 amide bonds. The number of nitrogens with zero attached hydrogens (tertiary/aromatic N) is 7. The molecule has 0 bridgehead atoms. The van der Waals surface area contributed by atoms with E-state index in [9.17, 15) is 23.6 Å². The van der Waals surface area contributed by atoms with Crippen LogP contribution in [0, 0.1) is 12.9 Å². The van der Waals surface area contributed by atoms with Crippen molar-refractivity contribution >= 4 is 46.1 Å². The van der Waals surface area contributed by atoms with E-state index in [0.29, 0.717) is 78.6 Å². The van der Waals surface area contributed by atoms with E-state index in [1.807, 2.05) is 12.1 Å². The molecular formula is C35H38FN9O4. The maximum atomic E-state index is 14.7. The molecule has 254 valence electrons. The van der Waals surface area contributed by atoms with Crippen molar-refractivity contribution in [3.8, 4) is 0 Å². The lowest BCUT2D eigenvalue weighted by molar-refractivity contribution is -0.134. The van der Waals surface area contributed by atoms with Crippen LogP contribution in [0.15, 0.2) is 41.6 Å². The third kappa shape index (κ3) is 6.52. The van der Waals surface area contributed by atoms with E-state index in [-0.39, 0.29) is 41.2 Å².